The third kappa shape index (κ3) is 5.32. The van der Waals surface area contributed by atoms with E-state index in [1.54, 1.807) is 12.1 Å². The standard InChI is InChI=1S/C23H31N3O2/c1-3-25(23(27)22-11-16-26(28)17-12-22)18-20-8-13-24(14-9-20)15-10-21-7-5-4-6-19(21)2/h4-7,11-12,16-17,20H,3,8-10,13-15,18H2,1-2H3. The Bertz CT molecular complexity index is 768. The molecule has 0 N–H and O–H groups in total. The van der Waals surface area contributed by atoms with Crippen LogP contribution in [0.3, 0.4) is 0 Å². The number of carbonyl (C=O) groups excluding carboxylic acids is 1. The lowest BCUT2D eigenvalue weighted by Crippen LogP contribution is -2.41. The molecule has 0 aliphatic carbocycles. The minimum atomic E-state index is 0.0186. The molecule has 0 saturated carbocycles. The molecule has 1 fully saturated rings. The molecule has 1 saturated heterocycles. The number of nitrogens with zero attached hydrogens (tertiary/aromatic N) is 3. The molecule has 150 valence electrons. The Morgan fingerprint density at radius 2 is 1.86 bits per heavy atom. The average molecular weight is 382 g/mol. The zero-order chi connectivity index (χ0) is 19.9. The lowest BCUT2D eigenvalue weighted by molar-refractivity contribution is -0.605. The first-order valence-corrected chi connectivity index (χ1v) is 10.3. The van der Waals surface area contributed by atoms with Crippen LogP contribution in [-0.4, -0.2) is 48.4 Å². The zero-order valence-electron chi connectivity index (χ0n) is 17.0. The summed E-state index contributed by atoms with van der Waals surface area (Å²) < 4.78 is 0.708. The largest absolute Gasteiger partial charge is 0.619 e. The third-order valence-corrected chi connectivity index (χ3v) is 5.86. The fourth-order valence-corrected chi connectivity index (χ4v) is 3.97. The summed E-state index contributed by atoms with van der Waals surface area (Å²) in [7, 11) is 0. The van der Waals surface area contributed by atoms with Gasteiger partial charge in [0.25, 0.3) is 5.91 Å². The van der Waals surface area contributed by atoms with Gasteiger partial charge in [-0.25, -0.2) is 0 Å². The van der Waals surface area contributed by atoms with Gasteiger partial charge in [0, 0.05) is 31.8 Å². The Morgan fingerprint density at radius 1 is 1.18 bits per heavy atom. The molecule has 1 aliphatic heterocycles. The van der Waals surface area contributed by atoms with Crippen molar-refractivity contribution in [2.45, 2.75) is 33.1 Å². The van der Waals surface area contributed by atoms with Crippen LogP contribution in [0, 0.1) is 18.0 Å². The van der Waals surface area contributed by atoms with Crippen LogP contribution in [0.25, 0.3) is 0 Å². The molecule has 2 aromatic rings. The number of aryl methyl sites for hydroxylation is 1. The van der Waals surface area contributed by atoms with Gasteiger partial charge in [-0.2, -0.15) is 4.73 Å². The highest BCUT2D eigenvalue weighted by Crippen LogP contribution is 2.20. The summed E-state index contributed by atoms with van der Waals surface area (Å²) >= 11 is 0. The van der Waals surface area contributed by atoms with E-state index in [-0.39, 0.29) is 5.91 Å². The molecule has 0 radical (unpaired) electrons. The second kappa shape index (κ2) is 9.69. The lowest BCUT2D eigenvalue weighted by atomic mass is 9.95. The molecule has 1 aromatic heterocycles. The lowest BCUT2D eigenvalue weighted by Gasteiger charge is -2.34. The van der Waals surface area contributed by atoms with Gasteiger partial charge in [-0.15, -0.1) is 0 Å². The van der Waals surface area contributed by atoms with Crippen molar-refractivity contribution in [2.24, 2.45) is 5.92 Å². The normalized spacial score (nSPS) is 15.5. The van der Waals surface area contributed by atoms with Gasteiger partial charge in [0.05, 0.1) is 5.56 Å². The van der Waals surface area contributed by atoms with E-state index in [0.29, 0.717) is 22.8 Å². The van der Waals surface area contributed by atoms with Crippen LogP contribution in [0.5, 0.6) is 0 Å². The minimum Gasteiger partial charge on any atom is -0.619 e. The van der Waals surface area contributed by atoms with Crippen LogP contribution in [0.2, 0.25) is 0 Å². The summed E-state index contributed by atoms with van der Waals surface area (Å²) in [6, 6.07) is 11.8. The third-order valence-electron chi connectivity index (χ3n) is 5.86. The zero-order valence-corrected chi connectivity index (χ0v) is 17.0. The number of likely N-dealkylation sites (tertiary alicyclic amines) is 1. The fraction of sp³-hybridized carbons (Fsp3) is 0.478. The summed E-state index contributed by atoms with van der Waals surface area (Å²) in [5, 5.41) is 11.2. The van der Waals surface area contributed by atoms with Gasteiger partial charge in [0.15, 0.2) is 12.4 Å². The first-order valence-electron chi connectivity index (χ1n) is 10.3. The second-order valence-electron chi connectivity index (χ2n) is 7.75. The number of carbonyl (C=O) groups is 1. The number of benzene rings is 1. The summed E-state index contributed by atoms with van der Waals surface area (Å²) in [6.45, 7) is 9.00. The number of rotatable bonds is 7. The molecule has 0 bridgehead atoms. The molecule has 1 aromatic carbocycles. The maximum Gasteiger partial charge on any atom is 0.254 e. The highest BCUT2D eigenvalue weighted by atomic mass is 16.5. The van der Waals surface area contributed by atoms with Crippen molar-refractivity contribution < 1.29 is 9.52 Å². The van der Waals surface area contributed by atoms with Crippen molar-refractivity contribution in [1.82, 2.24) is 9.80 Å². The van der Waals surface area contributed by atoms with E-state index in [1.165, 1.54) is 23.5 Å². The monoisotopic (exact) mass is 381 g/mol. The van der Waals surface area contributed by atoms with Gasteiger partial charge in [-0.05, 0) is 63.2 Å². The van der Waals surface area contributed by atoms with Gasteiger partial charge < -0.3 is 15.0 Å². The molecule has 28 heavy (non-hydrogen) atoms. The van der Waals surface area contributed by atoms with E-state index >= 15 is 0 Å². The quantitative estimate of drug-likeness (QED) is 0.547. The van der Waals surface area contributed by atoms with Crippen LogP contribution in [0.1, 0.15) is 41.3 Å². The maximum atomic E-state index is 12.7. The molecule has 0 spiro atoms. The number of pyridine rings is 1. The first-order chi connectivity index (χ1) is 13.6. The number of aromatic nitrogens is 1. The number of hydrogen-bond donors (Lipinski definition) is 0. The van der Waals surface area contributed by atoms with E-state index in [4.69, 9.17) is 0 Å². The van der Waals surface area contributed by atoms with Crippen molar-refractivity contribution in [3.63, 3.8) is 0 Å². The minimum absolute atomic E-state index is 0.0186. The smallest absolute Gasteiger partial charge is 0.254 e. The van der Waals surface area contributed by atoms with Gasteiger partial charge in [0.1, 0.15) is 0 Å². The van der Waals surface area contributed by atoms with Crippen molar-refractivity contribution in [2.75, 3.05) is 32.7 Å². The number of amides is 1. The molecule has 3 rings (SSSR count). The van der Waals surface area contributed by atoms with Gasteiger partial charge in [-0.3, -0.25) is 4.79 Å². The highest BCUT2D eigenvalue weighted by molar-refractivity contribution is 5.93. The van der Waals surface area contributed by atoms with Gasteiger partial charge >= 0.3 is 0 Å². The molecule has 5 heteroatoms. The van der Waals surface area contributed by atoms with Crippen LogP contribution in [0.4, 0.5) is 0 Å². The summed E-state index contributed by atoms with van der Waals surface area (Å²) in [4.78, 5) is 17.2. The van der Waals surface area contributed by atoms with Crippen LogP contribution in [0.15, 0.2) is 48.8 Å². The number of piperidine rings is 1. The molecule has 5 nitrogen and oxygen atoms in total. The molecule has 1 aliphatic rings. The van der Waals surface area contributed by atoms with Gasteiger partial charge in [0.2, 0.25) is 0 Å². The SMILES string of the molecule is CCN(CC1CCN(CCc2ccccc2C)CC1)C(=O)c1cc[n+]([O-])cc1. The maximum absolute atomic E-state index is 12.7. The van der Waals surface area contributed by atoms with E-state index in [1.807, 2.05) is 11.8 Å². The molecule has 2 heterocycles. The Kier molecular flexibility index (Phi) is 7.04. The Hall–Kier alpha value is -2.40. The molecular weight excluding hydrogens is 350 g/mol. The fourth-order valence-electron chi connectivity index (χ4n) is 3.97. The Balaban J connectivity index is 1.46. The molecule has 0 atom stereocenters. The van der Waals surface area contributed by atoms with E-state index in [2.05, 4.69) is 36.1 Å². The molecule has 1 amide bonds. The van der Waals surface area contributed by atoms with E-state index in [9.17, 15) is 10.0 Å². The van der Waals surface area contributed by atoms with Crippen molar-refractivity contribution in [3.05, 3.63) is 70.7 Å². The van der Waals surface area contributed by atoms with Crippen LogP contribution in [-0.2, 0) is 6.42 Å². The Morgan fingerprint density at radius 3 is 2.50 bits per heavy atom. The summed E-state index contributed by atoms with van der Waals surface area (Å²) in [5.74, 6) is 0.567. The van der Waals surface area contributed by atoms with Crippen LogP contribution < -0.4 is 4.73 Å². The van der Waals surface area contributed by atoms with Gasteiger partial charge in [-0.1, -0.05) is 24.3 Å². The summed E-state index contributed by atoms with van der Waals surface area (Å²) in [6.07, 6.45) is 6.13. The molecular formula is C23H31N3O2. The topological polar surface area (TPSA) is 50.5 Å². The second-order valence-corrected chi connectivity index (χ2v) is 7.75. The predicted octanol–water partition coefficient (Wildman–Crippen LogP) is 3.05. The van der Waals surface area contributed by atoms with Crippen molar-refractivity contribution in [1.29, 1.82) is 0 Å². The first kappa shape index (κ1) is 20.3. The van der Waals surface area contributed by atoms with E-state index < -0.39 is 0 Å². The summed E-state index contributed by atoms with van der Waals surface area (Å²) in [5.41, 5.74) is 3.40. The Labute approximate surface area is 168 Å². The molecule has 0 unspecified atom stereocenters. The van der Waals surface area contributed by atoms with Crippen molar-refractivity contribution >= 4 is 5.91 Å². The predicted molar refractivity (Wildman–Crippen MR) is 111 cm³/mol. The highest BCUT2D eigenvalue weighted by Gasteiger charge is 2.24. The average Bonchev–Trinajstić information content (AvgIpc) is 2.72. The number of hydrogen-bond acceptors (Lipinski definition) is 3. The van der Waals surface area contributed by atoms with Crippen molar-refractivity contribution in [3.8, 4) is 0 Å². The van der Waals surface area contributed by atoms with Crippen LogP contribution >= 0.6 is 0 Å². The van der Waals surface area contributed by atoms with E-state index in [0.717, 1.165) is 45.4 Å².